The number of methoxy groups -OCH3 is 1. The number of ether oxygens (including phenoxy) is 2. The molecule has 0 saturated carbocycles. The molecule has 128 valence electrons. The van der Waals surface area contributed by atoms with Crippen LogP contribution in [0.15, 0.2) is 60.7 Å². The van der Waals surface area contributed by atoms with Gasteiger partial charge in [0.1, 0.15) is 0 Å². The molecule has 1 saturated heterocycles. The summed E-state index contributed by atoms with van der Waals surface area (Å²) in [7, 11) is 1.72. The molecule has 2 aromatic carbocycles. The molecule has 1 fully saturated rings. The van der Waals surface area contributed by atoms with Crippen LogP contribution in [0.3, 0.4) is 0 Å². The summed E-state index contributed by atoms with van der Waals surface area (Å²) in [5.74, 6) is -0.849. The summed E-state index contributed by atoms with van der Waals surface area (Å²) >= 11 is 0. The van der Waals surface area contributed by atoms with Crippen molar-refractivity contribution < 1.29 is 9.47 Å². The minimum atomic E-state index is -0.849. The predicted octanol–water partition coefficient (Wildman–Crippen LogP) is 4.04. The fourth-order valence-corrected chi connectivity index (χ4v) is 3.44. The molecule has 0 aliphatic carbocycles. The molecule has 3 heteroatoms. The second-order valence-corrected chi connectivity index (χ2v) is 6.30. The Morgan fingerprint density at radius 2 is 1.38 bits per heavy atom. The fraction of sp³-hybridized carbons (Fsp3) is 0.429. The summed E-state index contributed by atoms with van der Waals surface area (Å²) in [4.78, 5) is 2.49. The molecule has 0 bridgehead atoms. The molecule has 3 nitrogen and oxygen atoms in total. The molecule has 1 heterocycles. The number of nitrogens with zero attached hydrogens (tertiary/aromatic N) is 1. The third-order valence-corrected chi connectivity index (χ3v) is 4.76. The van der Waals surface area contributed by atoms with E-state index in [-0.39, 0.29) is 0 Å². The molecule has 2 aromatic rings. The number of rotatable bonds is 7. The minimum Gasteiger partial charge on any atom is -0.346 e. The summed E-state index contributed by atoms with van der Waals surface area (Å²) in [6, 6.07) is 20.4. The highest BCUT2D eigenvalue weighted by atomic mass is 16.7. The van der Waals surface area contributed by atoms with Gasteiger partial charge in [-0.1, -0.05) is 67.1 Å². The summed E-state index contributed by atoms with van der Waals surface area (Å²) in [5, 5.41) is 0. The van der Waals surface area contributed by atoms with E-state index in [0.29, 0.717) is 6.61 Å². The normalized spacial score (nSPS) is 16.2. The average molecular weight is 325 g/mol. The molecule has 0 aromatic heterocycles. The van der Waals surface area contributed by atoms with E-state index in [4.69, 9.17) is 9.47 Å². The van der Waals surface area contributed by atoms with Crippen molar-refractivity contribution in [2.24, 2.45) is 0 Å². The van der Waals surface area contributed by atoms with Gasteiger partial charge in [0, 0.05) is 24.8 Å². The second-order valence-electron chi connectivity index (χ2n) is 6.30. The number of benzene rings is 2. The summed E-state index contributed by atoms with van der Waals surface area (Å²) in [5.41, 5.74) is 2.05. The van der Waals surface area contributed by atoms with Crippen LogP contribution in [-0.2, 0) is 15.3 Å². The van der Waals surface area contributed by atoms with Crippen molar-refractivity contribution in [1.29, 1.82) is 0 Å². The van der Waals surface area contributed by atoms with Crippen molar-refractivity contribution in [1.82, 2.24) is 4.90 Å². The minimum absolute atomic E-state index is 0.650. The van der Waals surface area contributed by atoms with Gasteiger partial charge in [0.15, 0.2) is 0 Å². The van der Waals surface area contributed by atoms with Gasteiger partial charge in [-0.05, 0) is 25.9 Å². The van der Waals surface area contributed by atoms with Gasteiger partial charge >= 0.3 is 0 Å². The molecule has 0 amide bonds. The first kappa shape index (κ1) is 17.2. The first-order chi connectivity index (χ1) is 11.8. The largest absolute Gasteiger partial charge is 0.346 e. The van der Waals surface area contributed by atoms with Crippen LogP contribution in [0.5, 0.6) is 0 Å². The Labute approximate surface area is 145 Å². The van der Waals surface area contributed by atoms with Crippen molar-refractivity contribution in [2.45, 2.75) is 25.0 Å². The van der Waals surface area contributed by atoms with Gasteiger partial charge in [-0.15, -0.1) is 0 Å². The van der Waals surface area contributed by atoms with E-state index in [1.54, 1.807) is 7.11 Å². The van der Waals surface area contributed by atoms with Crippen LogP contribution in [0.25, 0.3) is 0 Å². The number of piperidine rings is 1. The Kier molecular flexibility index (Phi) is 6.02. The van der Waals surface area contributed by atoms with E-state index >= 15 is 0 Å². The van der Waals surface area contributed by atoms with Crippen LogP contribution in [0, 0.1) is 0 Å². The van der Waals surface area contributed by atoms with E-state index in [9.17, 15) is 0 Å². The van der Waals surface area contributed by atoms with E-state index in [0.717, 1.165) is 17.7 Å². The molecule has 0 N–H and O–H groups in total. The van der Waals surface area contributed by atoms with E-state index in [1.165, 1.54) is 32.4 Å². The maximum atomic E-state index is 6.39. The van der Waals surface area contributed by atoms with Crippen LogP contribution < -0.4 is 0 Å². The van der Waals surface area contributed by atoms with Gasteiger partial charge in [-0.3, -0.25) is 0 Å². The van der Waals surface area contributed by atoms with Gasteiger partial charge < -0.3 is 14.4 Å². The standard InChI is InChI=1S/C21H27NO2/c1-23-21(19-11-5-2-6-12-19,20-13-7-3-8-14-20)24-18-17-22-15-9-4-10-16-22/h2-3,5-8,11-14H,4,9-10,15-18H2,1H3. The highest BCUT2D eigenvalue weighted by molar-refractivity contribution is 5.33. The number of likely N-dealkylation sites (tertiary alicyclic amines) is 1. The lowest BCUT2D eigenvalue weighted by Crippen LogP contribution is -2.38. The van der Waals surface area contributed by atoms with Crippen LogP contribution >= 0.6 is 0 Å². The van der Waals surface area contributed by atoms with Crippen molar-refractivity contribution in [2.75, 3.05) is 33.4 Å². The maximum Gasteiger partial charge on any atom is 0.222 e. The SMILES string of the molecule is COC(OCCN1CCCCC1)(c1ccccc1)c1ccccc1. The zero-order chi connectivity index (χ0) is 16.7. The Hall–Kier alpha value is -1.68. The quantitative estimate of drug-likeness (QED) is 0.717. The molecular formula is C21H27NO2. The lowest BCUT2D eigenvalue weighted by Gasteiger charge is -2.35. The third-order valence-electron chi connectivity index (χ3n) is 4.76. The maximum absolute atomic E-state index is 6.39. The van der Waals surface area contributed by atoms with Crippen molar-refractivity contribution in [3.8, 4) is 0 Å². The Morgan fingerprint density at radius 3 is 1.88 bits per heavy atom. The Bertz CT molecular complexity index is 554. The smallest absolute Gasteiger partial charge is 0.222 e. The third kappa shape index (κ3) is 3.86. The van der Waals surface area contributed by atoms with Gasteiger partial charge in [0.25, 0.3) is 0 Å². The fourth-order valence-electron chi connectivity index (χ4n) is 3.44. The van der Waals surface area contributed by atoms with Gasteiger partial charge in [-0.25, -0.2) is 0 Å². The van der Waals surface area contributed by atoms with Crippen LogP contribution in [0.1, 0.15) is 30.4 Å². The van der Waals surface area contributed by atoms with Crippen LogP contribution in [-0.4, -0.2) is 38.3 Å². The topological polar surface area (TPSA) is 21.7 Å². The number of hydrogen-bond donors (Lipinski definition) is 0. The van der Waals surface area contributed by atoms with Gasteiger partial charge in [0.05, 0.1) is 6.61 Å². The first-order valence-corrected chi connectivity index (χ1v) is 8.88. The molecule has 0 atom stereocenters. The molecule has 1 aliphatic heterocycles. The zero-order valence-electron chi connectivity index (χ0n) is 14.5. The monoisotopic (exact) mass is 325 g/mol. The van der Waals surface area contributed by atoms with Gasteiger partial charge in [0.2, 0.25) is 5.79 Å². The summed E-state index contributed by atoms with van der Waals surface area (Å²) in [6.45, 7) is 3.96. The predicted molar refractivity (Wildman–Crippen MR) is 96.9 cm³/mol. The summed E-state index contributed by atoms with van der Waals surface area (Å²) < 4.78 is 12.3. The lowest BCUT2D eigenvalue weighted by atomic mass is 9.97. The van der Waals surface area contributed by atoms with Crippen molar-refractivity contribution in [3.63, 3.8) is 0 Å². The van der Waals surface area contributed by atoms with Gasteiger partial charge in [-0.2, -0.15) is 0 Å². The van der Waals surface area contributed by atoms with E-state index < -0.39 is 5.79 Å². The van der Waals surface area contributed by atoms with E-state index in [1.807, 2.05) is 36.4 Å². The molecule has 0 unspecified atom stereocenters. The average Bonchev–Trinajstić information content (AvgIpc) is 2.68. The molecule has 0 radical (unpaired) electrons. The second kappa shape index (κ2) is 8.43. The Balaban J connectivity index is 1.79. The van der Waals surface area contributed by atoms with Crippen molar-refractivity contribution in [3.05, 3.63) is 71.8 Å². The molecular weight excluding hydrogens is 298 g/mol. The zero-order valence-corrected chi connectivity index (χ0v) is 14.5. The number of hydrogen-bond acceptors (Lipinski definition) is 3. The summed E-state index contributed by atoms with van der Waals surface area (Å²) in [6.07, 6.45) is 3.95. The molecule has 24 heavy (non-hydrogen) atoms. The highest BCUT2D eigenvalue weighted by Crippen LogP contribution is 2.34. The van der Waals surface area contributed by atoms with Crippen LogP contribution in [0.4, 0.5) is 0 Å². The van der Waals surface area contributed by atoms with Crippen molar-refractivity contribution >= 4 is 0 Å². The lowest BCUT2D eigenvalue weighted by molar-refractivity contribution is -0.203. The molecule has 1 aliphatic rings. The first-order valence-electron chi connectivity index (χ1n) is 8.88. The van der Waals surface area contributed by atoms with Crippen LogP contribution in [0.2, 0.25) is 0 Å². The van der Waals surface area contributed by atoms with E-state index in [2.05, 4.69) is 29.2 Å². The Morgan fingerprint density at radius 1 is 0.833 bits per heavy atom. The molecule has 3 rings (SSSR count). The highest BCUT2D eigenvalue weighted by Gasteiger charge is 2.35. The molecule has 0 spiro atoms.